The number of pyridine rings is 1. The molecule has 7 heteroatoms. The highest BCUT2D eigenvalue weighted by molar-refractivity contribution is 6.50. The molecule has 2 aromatic rings. The molecule has 5 nitrogen and oxygen atoms in total. The topological polar surface area (TPSA) is 57.0 Å². The van der Waals surface area contributed by atoms with Crippen molar-refractivity contribution in [1.29, 1.82) is 0 Å². The summed E-state index contributed by atoms with van der Waals surface area (Å²) in [5.41, 5.74) is 0.385. The van der Waals surface area contributed by atoms with Crippen LogP contribution in [0.15, 0.2) is 36.8 Å². The maximum Gasteiger partial charge on any atom is 0.339 e. The molecule has 0 bridgehead atoms. The fourth-order valence-electron chi connectivity index (χ4n) is 1.76. The molecule has 1 unspecified atom stereocenters. The van der Waals surface area contributed by atoms with E-state index in [2.05, 4.69) is 10.1 Å². The summed E-state index contributed by atoms with van der Waals surface area (Å²) >= 11 is 11.7. The smallest absolute Gasteiger partial charge is 0.339 e. The minimum Gasteiger partial charge on any atom is -0.462 e. The van der Waals surface area contributed by atoms with Crippen molar-refractivity contribution in [3.63, 3.8) is 0 Å². The molecule has 2 heterocycles. The second kappa shape index (κ2) is 5.07. The van der Waals surface area contributed by atoms with Crippen LogP contribution in [-0.4, -0.2) is 31.7 Å². The molecule has 2 aromatic heterocycles. The number of carbonyl (C=O) groups is 1. The Morgan fingerprint density at radius 1 is 1.50 bits per heavy atom. The molecule has 0 aromatic carbocycles. The van der Waals surface area contributed by atoms with Gasteiger partial charge in [-0.15, -0.1) is 23.2 Å². The van der Waals surface area contributed by atoms with E-state index in [-0.39, 0.29) is 12.5 Å². The molecule has 0 N–H and O–H groups in total. The number of carbonyl (C=O) groups excluding carboxylic acids is 1. The minimum atomic E-state index is -0.734. The Bertz CT molecular complexity index is 611. The molecule has 0 saturated heterocycles. The maximum absolute atomic E-state index is 11.8. The van der Waals surface area contributed by atoms with Gasteiger partial charge >= 0.3 is 5.97 Å². The van der Waals surface area contributed by atoms with E-state index in [1.807, 2.05) is 0 Å². The lowest BCUT2D eigenvalue weighted by Gasteiger charge is -2.05. The van der Waals surface area contributed by atoms with E-state index in [9.17, 15) is 4.79 Å². The third-order valence-corrected chi connectivity index (χ3v) is 4.02. The molecular weight excluding hydrogens is 301 g/mol. The van der Waals surface area contributed by atoms with E-state index < -0.39 is 10.3 Å². The van der Waals surface area contributed by atoms with Gasteiger partial charge in [0.2, 0.25) is 0 Å². The van der Waals surface area contributed by atoms with Crippen molar-refractivity contribution in [2.45, 2.75) is 10.8 Å². The highest BCUT2D eigenvalue weighted by Crippen LogP contribution is 2.53. The van der Waals surface area contributed by atoms with Crippen LogP contribution in [0.4, 0.5) is 0 Å². The molecule has 20 heavy (non-hydrogen) atoms. The fourth-order valence-corrected chi connectivity index (χ4v) is 2.26. The third kappa shape index (κ3) is 2.78. The van der Waals surface area contributed by atoms with Crippen molar-refractivity contribution in [2.75, 3.05) is 6.61 Å². The van der Waals surface area contributed by atoms with Crippen LogP contribution >= 0.6 is 23.2 Å². The molecular formula is C13H11Cl2N3O2. The van der Waals surface area contributed by atoms with Crippen molar-refractivity contribution < 1.29 is 9.53 Å². The highest BCUT2D eigenvalue weighted by Gasteiger charge is 2.52. The summed E-state index contributed by atoms with van der Waals surface area (Å²) in [6, 6.07) is 5.14. The summed E-state index contributed by atoms with van der Waals surface area (Å²) in [6.45, 7) is 0.229. The molecule has 3 rings (SSSR count). The lowest BCUT2D eigenvalue weighted by atomic mass is 10.3. The number of hydrogen-bond acceptors (Lipinski definition) is 4. The molecule has 0 amide bonds. The standard InChI is InChI=1S/C13H11Cl2N3O2/c14-13(15)6-10(13)8-20-12(19)9-2-3-11(16-7-9)18-5-1-4-17-18/h1-5,7,10H,6,8H2. The predicted molar refractivity (Wildman–Crippen MR) is 74.2 cm³/mol. The first-order valence-electron chi connectivity index (χ1n) is 6.07. The Kier molecular flexibility index (Phi) is 3.40. The molecule has 104 valence electrons. The Balaban J connectivity index is 1.61. The Labute approximate surface area is 125 Å². The van der Waals surface area contributed by atoms with Gasteiger partial charge in [-0.05, 0) is 24.6 Å². The van der Waals surface area contributed by atoms with Crippen LogP contribution in [-0.2, 0) is 4.74 Å². The van der Waals surface area contributed by atoms with Crippen LogP contribution in [0.3, 0.4) is 0 Å². The van der Waals surface area contributed by atoms with Gasteiger partial charge in [-0.2, -0.15) is 5.10 Å². The van der Waals surface area contributed by atoms with Crippen molar-refractivity contribution in [2.24, 2.45) is 5.92 Å². The van der Waals surface area contributed by atoms with Gasteiger partial charge in [0.25, 0.3) is 0 Å². The SMILES string of the molecule is O=C(OCC1CC1(Cl)Cl)c1ccc(-n2cccn2)nc1. The monoisotopic (exact) mass is 311 g/mol. The summed E-state index contributed by atoms with van der Waals surface area (Å²) in [6.07, 6.45) is 5.54. The summed E-state index contributed by atoms with van der Waals surface area (Å²) < 4.78 is 6.02. The van der Waals surface area contributed by atoms with Crippen molar-refractivity contribution >= 4 is 29.2 Å². The molecule has 1 fully saturated rings. The van der Waals surface area contributed by atoms with Crippen LogP contribution in [0, 0.1) is 5.92 Å². The van der Waals surface area contributed by atoms with Crippen LogP contribution in [0.1, 0.15) is 16.8 Å². The van der Waals surface area contributed by atoms with Crippen molar-refractivity contribution in [3.8, 4) is 5.82 Å². The third-order valence-electron chi connectivity index (χ3n) is 3.09. The van der Waals surface area contributed by atoms with Gasteiger partial charge in [-0.1, -0.05) is 0 Å². The van der Waals surface area contributed by atoms with Gasteiger partial charge in [0.05, 0.1) is 12.2 Å². The second-order valence-corrected chi connectivity index (χ2v) is 6.16. The Morgan fingerprint density at radius 2 is 2.30 bits per heavy atom. The lowest BCUT2D eigenvalue weighted by Crippen LogP contribution is -2.10. The van der Waals surface area contributed by atoms with Crippen LogP contribution in [0.25, 0.3) is 5.82 Å². The van der Waals surface area contributed by atoms with Gasteiger partial charge in [0.1, 0.15) is 4.33 Å². The van der Waals surface area contributed by atoms with E-state index >= 15 is 0 Å². The number of halogens is 2. The number of ether oxygens (including phenoxy) is 1. The summed E-state index contributed by atoms with van der Waals surface area (Å²) in [7, 11) is 0. The van der Waals surface area contributed by atoms with E-state index in [4.69, 9.17) is 27.9 Å². The summed E-state index contributed by atoms with van der Waals surface area (Å²) in [5, 5.41) is 4.05. The zero-order chi connectivity index (χ0) is 14.2. The van der Waals surface area contributed by atoms with Crippen LogP contribution < -0.4 is 0 Å². The van der Waals surface area contributed by atoms with E-state index in [1.165, 1.54) is 6.20 Å². The average molecular weight is 312 g/mol. The van der Waals surface area contributed by atoms with Gasteiger partial charge < -0.3 is 4.74 Å². The molecule has 1 saturated carbocycles. The molecule has 0 aliphatic heterocycles. The largest absolute Gasteiger partial charge is 0.462 e. The number of alkyl halides is 2. The van der Waals surface area contributed by atoms with E-state index in [0.29, 0.717) is 17.8 Å². The summed E-state index contributed by atoms with van der Waals surface area (Å²) in [4.78, 5) is 16.0. The Hall–Kier alpha value is -1.59. The fraction of sp³-hybridized carbons (Fsp3) is 0.308. The minimum absolute atomic E-state index is 0.0195. The first-order valence-corrected chi connectivity index (χ1v) is 6.83. The number of esters is 1. The molecule has 1 aliphatic rings. The average Bonchev–Trinajstić information content (AvgIpc) is 2.84. The molecule has 1 aliphatic carbocycles. The van der Waals surface area contributed by atoms with Crippen molar-refractivity contribution in [1.82, 2.24) is 14.8 Å². The number of hydrogen-bond donors (Lipinski definition) is 0. The zero-order valence-electron chi connectivity index (χ0n) is 10.4. The number of aromatic nitrogens is 3. The second-order valence-electron chi connectivity index (χ2n) is 4.62. The first kappa shape index (κ1) is 13.4. The number of rotatable bonds is 4. The predicted octanol–water partition coefficient (Wildman–Crippen LogP) is 2.62. The molecule has 0 radical (unpaired) electrons. The van der Waals surface area contributed by atoms with E-state index in [0.717, 1.165) is 0 Å². The quantitative estimate of drug-likeness (QED) is 0.643. The van der Waals surface area contributed by atoms with Crippen LogP contribution in [0.5, 0.6) is 0 Å². The van der Waals surface area contributed by atoms with Gasteiger partial charge in [-0.3, -0.25) is 0 Å². The molecule has 0 spiro atoms. The van der Waals surface area contributed by atoms with Gasteiger partial charge in [0.15, 0.2) is 5.82 Å². The van der Waals surface area contributed by atoms with Crippen molar-refractivity contribution in [3.05, 3.63) is 42.4 Å². The van der Waals surface area contributed by atoms with E-state index in [1.54, 1.807) is 35.3 Å². The lowest BCUT2D eigenvalue weighted by molar-refractivity contribution is 0.0485. The van der Waals surface area contributed by atoms with Gasteiger partial charge in [0, 0.05) is 24.5 Å². The normalized spacial score (nSPS) is 19.6. The van der Waals surface area contributed by atoms with Crippen LogP contribution in [0.2, 0.25) is 0 Å². The Morgan fingerprint density at radius 3 is 2.85 bits per heavy atom. The zero-order valence-corrected chi connectivity index (χ0v) is 11.9. The molecule has 1 atom stereocenters. The maximum atomic E-state index is 11.8. The first-order chi connectivity index (χ1) is 9.56. The van der Waals surface area contributed by atoms with Gasteiger partial charge in [-0.25, -0.2) is 14.5 Å². The highest BCUT2D eigenvalue weighted by atomic mass is 35.5. The number of nitrogens with zero attached hydrogens (tertiary/aromatic N) is 3. The summed E-state index contributed by atoms with van der Waals surface area (Å²) in [5.74, 6) is 0.223.